The van der Waals surface area contributed by atoms with Crippen LogP contribution in [0.25, 0.3) is 0 Å². The first kappa shape index (κ1) is 18.2. The predicted octanol–water partition coefficient (Wildman–Crippen LogP) is 5.98. The normalized spacial score (nSPS) is 12.0. The second-order valence-corrected chi connectivity index (χ2v) is 6.98. The zero-order chi connectivity index (χ0) is 17.8. The molecule has 0 aliphatic heterocycles. The number of benzene rings is 2. The molecule has 0 bridgehead atoms. The van der Waals surface area contributed by atoms with Gasteiger partial charge in [-0.3, -0.25) is 0 Å². The van der Waals surface area contributed by atoms with Crippen LogP contribution in [-0.4, -0.2) is 14.6 Å². The van der Waals surface area contributed by atoms with Crippen LogP contribution in [-0.2, 0) is 11.3 Å². The number of imidazole rings is 1. The highest BCUT2D eigenvalue weighted by atomic mass is 35.5. The maximum absolute atomic E-state index is 6.36. The molecule has 0 N–H and O–H groups in total. The molecule has 25 heavy (non-hydrogen) atoms. The van der Waals surface area contributed by atoms with Gasteiger partial charge in [-0.2, -0.15) is 0 Å². The Kier molecular flexibility index (Phi) is 5.97. The van der Waals surface area contributed by atoms with E-state index in [1.165, 1.54) is 0 Å². The molecule has 0 aliphatic rings. The summed E-state index contributed by atoms with van der Waals surface area (Å²) in [4.78, 5) is 4.06. The summed E-state index contributed by atoms with van der Waals surface area (Å²) in [6, 6.07) is 12.5. The second kappa shape index (κ2) is 8.19. The number of nitrogens with zero attached hydrogens (tertiary/aromatic N) is 2. The number of hydrogen-bond acceptors (Lipinski definition) is 3. The first-order valence-electron chi connectivity index (χ1n) is 7.40. The number of halogens is 3. The lowest BCUT2D eigenvalue weighted by Crippen LogP contribution is -2.16. The van der Waals surface area contributed by atoms with E-state index in [4.69, 9.17) is 51.8 Å². The van der Waals surface area contributed by atoms with Gasteiger partial charge in [0.05, 0.1) is 12.9 Å². The van der Waals surface area contributed by atoms with Gasteiger partial charge in [-0.05, 0) is 48.6 Å². The van der Waals surface area contributed by atoms with Gasteiger partial charge in [-0.1, -0.05) is 40.9 Å². The molecule has 1 atom stereocenters. The molecule has 2 aromatic carbocycles. The van der Waals surface area contributed by atoms with Gasteiger partial charge in [0.15, 0.2) is 5.05 Å². The molecular weight excluding hydrogens is 399 g/mol. The average Bonchev–Trinajstić information content (AvgIpc) is 3.08. The molecule has 7 heteroatoms. The summed E-state index contributed by atoms with van der Waals surface area (Å²) in [6.45, 7) is 0.509. The topological polar surface area (TPSA) is 27.1 Å². The molecule has 3 nitrogen and oxygen atoms in total. The van der Waals surface area contributed by atoms with Crippen LogP contribution < -0.4 is 0 Å². The maximum atomic E-state index is 6.36. The number of ether oxygens (including phenoxy) is 1. The van der Waals surface area contributed by atoms with E-state index in [-0.39, 0.29) is 6.10 Å². The van der Waals surface area contributed by atoms with Gasteiger partial charge in [-0.25, -0.2) is 4.98 Å². The van der Waals surface area contributed by atoms with Gasteiger partial charge >= 0.3 is 0 Å². The zero-order valence-electron chi connectivity index (χ0n) is 12.9. The van der Waals surface area contributed by atoms with E-state index in [0.29, 0.717) is 26.7 Å². The quantitative estimate of drug-likeness (QED) is 0.483. The van der Waals surface area contributed by atoms with Crippen molar-refractivity contribution < 1.29 is 4.74 Å². The molecule has 0 saturated heterocycles. The third-order valence-electron chi connectivity index (χ3n) is 3.57. The highest BCUT2D eigenvalue weighted by Gasteiger charge is 2.19. The van der Waals surface area contributed by atoms with Crippen LogP contribution in [0.3, 0.4) is 0 Å². The fourth-order valence-corrected chi connectivity index (χ4v) is 3.24. The average molecular weight is 412 g/mol. The smallest absolute Gasteiger partial charge is 0.191 e. The predicted molar refractivity (Wildman–Crippen MR) is 106 cm³/mol. The van der Waals surface area contributed by atoms with Crippen molar-refractivity contribution >= 4 is 52.1 Å². The molecule has 0 radical (unpaired) electrons. The van der Waals surface area contributed by atoms with Crippen LogP contribution in [0.2, 0.25) is 15.1 Å². The Morgan fingerprint density at radius 1 is 1.08 bits per heavy atom. The van der Waals surface area contributed by atoms with Gasteiger partial charge < -0.3 is 9.30 Å². The summed E-state index contributed by atoms with van der Waals surface area (Å²) in [7, 11) is 0. The molecule has 1 aromatic heterocycles. The second-order valence-electron chi connectivity index (χ2n) is 5.33. The number of rotatable bonds is 5. The molecule has 1 heterocycles. The Hall–Kier alpha value is -1.59. The fraction of sp³-hybridized carbons (Fsp3) is 0.111. The summed E-state index contributed by atoms with van der Waals surface area (Å²) in [5.41, 5.74) is 1.58. The molecule has 0 saturated carbocycles. The summed E-state index contributed by atoms with van der Waals surface area (Å²) in [5.74, 6) is 0. The van der Waals surface area contributed by atoms with Crippen LogP contribution in [0.15, 0.2) is 61.2 Å². The minimum Gasteiger partial charge on any atom is -0.473 e. The van der Waals surface area contributed by atoms with Crippen molar-refractivity contribution in [1.82, 2.24) is 9.55 Å². The van der Waals surface area contributed by atoms with E-state index < -0.39 is 0 Å². The number of aromatic nitrogens is 2. The van der Waals surface area contributed by atoms with Crippen molar-refractivity contribution in [2.45, 2.75) is 12.6 Å². The summed E-state index contributed by atoms with van der Waals surface area (Å²) < 4.78 is 7.97. The van der Waals surface area contributed by atoms with E-state index in [9.17, 15) is 0 Å². The lowest BCUT2D eigenvalue weighted by atomic mass is 10.1. The van der Waals surface area contributed by atoms with Gasteiger partial charge in [0.2, 0.25) is 0 Å². The molecule has 0 amide bonds. The number of thiocarbonyl (C=S) groups is 1. The summed E-state index contributed by atoms with van der Waals surface area (Å²) in [6.07, 6.45) is 4.89. The SMILES string of the molecule is S=C(OC(Cn1ccnc1)c1ccc(Cl)cc1Cl)c1ccc(Cl)cc1. The van der Waals surface area contributed by atoms with Crippen LogP contribution in [0.5, 0.6) is 0 Å². The minimum absolute atomic E-state index is 0.368. The first-order chi connectivity index (χ1) is 12.0. The van der Waals surface area contributed by atoms with E-state index in [1.54, 1.807) is 36.8 Å². The Labute approximate surface area is 166 Å². The molecular formula is C18H13Cl3N2OS. The highest BCUT2D eigenvalue weighted by Crippen LogP contribution is 2.30. The fourth-order valence-electron chi connectivity index (χ4n) is 2.33. The molecule has 0 fully saturated rings. The lowest BCUT2D eigenvalue weighted by molar-refractivity contribution is 0.176. The van der Waals surface area contributed by atoms with E-state index in [2.05, 4.69) is 4.98 Å². The van der Waals surface area contributed by atoms with Crippen molar-refractivity contribution in [3.05, 3.63) is 87.4 Å². The van der Waals surface area contributed by atoms with Gasteiger partial charge in [0.1, 0.15) is 6.10 Å². The molecule has 128 valence electrons. The Morgan fingerprint density at radius 2 is 1.80 bits per heavy atom. The van der Waals surface area contributed by atoms with Gasteiger partial charge in [-0.15, -0.1) is 0 Å². The standard InChI is InChI=1S/C18H13Cl3N2OS/c19-13-3-1-12(2-4-13)18(25)24-17(10-23-8-7-22-11-23)15-6-5-14(20)9-16(15)21/h1-9,11,17H,10H2. The van der Waals surface area contributed by atoms with Crippen LogP contribution >= 0.6 is 47.0 Å². The highest BCUT2D eigenvalue weighted by molar-refractivity contribution is 7.80. The molecule has 0 aliphatic carbocycles. The molecule has 0 spiro atoms. The monoisotopic (exact) mass is 410 g/mol. The van der Waals surface area contributed by atoms with E-state index >= 15 is 0 Å². The summed E-state index contributed by atoms with van der Waals surface area (Å²) >= 11 is 23.7. The van der Waals surface area contributed by atoms with Crippen molar-refractivity contribution in [3.63, 3.8) is 0 Å². The third-order valence-corrected chi connectivity index (χ3v) is 4.72. The van der Waals surface area contributed by atoms with Crippen LogP contribution in [0.1, 0.15) is 17.2 Å². The summed E-state index contributed by atoms with van der Waals surface area (Å²) in [5, 5.41) is 2.10. The molecule has 1 unspecified atom stereocenters. The Morgan fingerprint density at radius 3 is 2.44 bits per heavy atom. The number of hydrogen-bond donors (Lipinski definition) is 0. The lowest BCUT2D eigenvalue weighted by Gasteiger charge is -2.21. The van der Waals surface area contributed by atoms with Crippen molar-refractivity contribution in [2.75, 3.05) is 0 Å². The minimum atomic E-state index is -0.387. The third kappa shape index (κ3) is 4.73. The Balaban J connectivity index is 1.87. The largest absolute Gasteiger partial charge is 0.473 e. The molecule has 3 rings (SSSR count). The molecule has 3 aromatic rings. The first-order valence-corrected chi connectivity index (χ1v) is 8.94. The maximum Gasteiger partial charge on any atom is 0.191 e. The van der Waals surface area contributed by atoms with Crippen LogP contribution in [0, 0.1) is 0 Å². The van der Waals surface area contributed by atoms with E-state index in [0.717, 1.165) is 11.1 Å². The van der Waals surface area contributed by atoms with Gasteiger partial charge in [0, 0.05) is 38.6 Å². The zero-order valence-corrected chi connectivity index (χ0v) is 16.0. The van der Waals surface area contributed by atoms with Crippen molar-refractivity contribution in [1.29, 1.82) is 0 Å². The van der Waals surface area contributed by atoms with E-state index in [1.807, 2.05) is 29.0 Å². The van der Waals surface area contributed by atoms with Crippen molar-refractivity contribution in [3.8, 4) is 0 Å². The van der Waals surface area contributed by atoms with Crippen molar-refractivity contribution in [2.24, 2.45) is 0 Å². The Bertz CT molecular complexity index is 867. The van der Waals surface area contributed by atoms with Gasteiger partial charge in [0.25, 0.3) is 0 Å². The van der Waals surface area contributed by atoms with Crippen LogP contribution in [0.4, 0.5) is 0 Å².